The Labute approximate surface area is 225 Å². The summed E-state index contributed by atoms with van der Waals surface area (Å²) < 4.78 is 10.9. The van der Waals surface area contributed by atoms with E-state index in [4.69, 9.17) is 14.9 Å². The first-order valence-corrected chi connectivity index (χ1v) is 12.8. The third kappa shape index (κ3) is 4.01. The summed E-state index contributed by atoms with van der Waals surface area (Å²) in [5, 5.41) is 12.5. The topological polar surface area (TPSA) is 112 Å². The van der Waals surface area contributed by atoms with Crippen molar-refractivity contribution >= 4 is 34.8 Å². The van der Waals surface area contributed by atoms with Crippen LogP contribution in [0.4, 0.5) is 11.4 Å². The summed E-state index contributed by atoms with van der Waals surface area (Å²) in [6.45, 7) is 0.0733. The minimum absolute atomic E-state index is 0.0502. The molecule has 2 saturated heterocycles. The Morgan fingerprint density at radius 2 is 1.59 bits per heavy atom. The predicted molar refractivity (Wildman–Crippen MR) is 146 cm³/mol. The second-order valence-corrected chi connectivity index (χ2v) is 9.92. The predicted octanol–water partition coefficient (Wildman–Crippen LogP) is 3.48. The lowest BCUT2D eigenvalue weighted by molar-refractivity contribution is -0.139. The minimum Gasteiger partial charge on any atom is -0.497 e. The number of methoxy groups -OCH3 is 2. The molecule has 0 spiro atoms. The summed E-state index contributed by atoms with van der Waals surface area (Å²) in [6, 6.07) is 12.2. The molecule has 198 valence electrons. The van der Waals surface area contributed by atoms with Crippen LogP contribution in [0.1, 0.15) is 12.0 Å². The number of carbonyl (C=O) groups excluding carboxylic acids is 3. The van der Waals surface area contributed by atoms with Gasteiger partial charge in [0.1, 0.15) is 23.4 Å². The molecule has 0 saturated carbocycles. The van der Waals surface area contributed by atoms with Crippen molar-refractivity contribution in [2.45, 2.75) is 18.9 Å². The van der Waals surface area contributed by atoms with Gasteiger partial charge >= 0.3 is 0 Å². The van der Waals surface area contributed by atoms with Crippen LogP contribution in [0.25, 0.3) is 0 Å². The van der Waals surface area contributed by atoms with E-state index >= 15 is 0 Å². The first-order valence-electron chi connectivity index (χ1n) is 12.8. The van der Waals surface area contributed by atoms with Crippen molar-refractivity contribution < 1.29 is 23.9 Å². The van der Waals surface area contributed by atoms with E-state index in [1.807, 2.05) is 24.3 Å². The second kappa shape index (κ2) is 9.58. The zero-order valence-corrected chi connectivity index (χ0v) is 21.6. The highest BCUT2D eigenvalue weighted by atomic mass is 16.5. The van der Waals surface area contributed by atoms with Gasteiger partial charge in [0, 0.05) is 42.5 Å². The normalized spacial score (nSPS) is 25.3. The fraction of sp³-hybridized carbons (Fsp3) is 0.267. The molecule has 2 amide bonds. The van der Waals surface area contributed by atoms with Gasteiger partial charge in [0.15, 0.2) is 5.78 Å². The number of fused-ring (bicyclic) bond motifs is 2. The van der Waals surface area contributed by atoms with Gasteiger partial charge in [-0.05, 0) is 18.1 Å². The van der Waals surface area contributed by atoms with Gasteiger partial charge in [-0.1, -0.05) is 42.5 Å². The lowest BCUT2D eigenvalue weighted by Gasteiger charge is -2.27. The Hall–Kier alpha value is -4.66. The Morgan fingerprint density at radius 3 is 2.21 bits per heavy atom. The summed E-state index contributed by atoms with van der Waals surface area (Å²) >= 11 is 0. The molecular formula is C30H28N4O5. The van der Waals surface area contributed by atoms with E-state index in [1.165, 1.54) is 19.1 Å². The van der Waals surface area contributed by atoms with Crippen LogP contribution >= 0.6 is 0 Å². The number of rotatable bonds is 6. The zero-order valence-electron chi connectivity index (χ0n) is 21.6. The van der Waals surface area contributed by atoms with Gasteiger partial charge in [0.25, 0.3) is 0 Å². The first kappa shape index (κ1) is 24.7. The molecule has 6 rings (SSSR count). The van der Waals surface area contributed by atoms with E-state index in [9.17, 15) is 14.4 Å². The number of anilines is 2. The number of amides is 2. The van der Waals surface area contributed by atoms with Gasteiger partial charge < -0.3 is 19.7 Å². The zero-order chi connectivity index (χ0) is 27.3. The lowest BCUT2D eigenvalue weighted by Crippen LogP contribution is -2.40. The van der Waals surface area contributed by atoms with Crippen LogP contribution in [-0.4, -0.2) is 55.1 Å². The van der Waals surface area contributed by atoms with Gasteiger partial charge in [-0.15, -0.1) is 0 Å². The average molecular weight is 525 g/mol. The van der Waals surface area contributed by atoms with Crippen LogP contribution in [0.5, 0.6) is 11.5 Å². The molecule has 2 aromatic rings. The van der Waals surface area contributed by atoms with E-state index in [0.29, 0.717) is 34.9 Å². The number of nitrogens with one attached hydrogen (secondary N) is 2. The number of benzene rings is 2. The number of carbonyl (C=O) groups is 3. The number of allylic oxidation sites excluding steroid dienone is 3. The second-order valence-electron chi connectivity index (χ2n) is 9.92. The molecule has 2 aromatic carbocycles. The molecule has 0 aromatic heterocycles. The molecule has 2 N–H and O–H groups in total. The fourth-order valence-electron chi connectivity index (χ4n) is 5.83. The molecule has 39 heavy (non-hydrogen) atoms. The van der Waals surface area contributed by atoms with Gasteiger partial charge in [-0.25, -0.2) is 0 Å². The minimum atomic E-state index is -0.795. The smallest absolute Gasteiger partial charge is 0.237 e. The molecule has 9 nitrogen and oxygen atoms in total. The van der Waals surface area contributed by atoms with Crippen molar-refractivity contribution in [1.82, 2.24) is 4.90 Å². The molecule has 3 unspecified atom stereocenters. The average Bonchev–Trinajstić information content (AvgIpc) is 3.57. The summed E-state index contributed by atoms with van der Waals surface area (Å²) in [7, 11) is 3.08. The van der Waals surface area contributed by atoms with Gasteiger partial charge in [-0.3, -0.25) is 24.7 Å². The van der Waals surface area contributed by atoms with Crippen LogP contribution in [-0.2, 0) is 20.8 Å². The van der Waals surface area contributed by atoms with Crippen LogP contribution in [0, 0.1) is 17.2 Å². The Bertz CT molecular complexity index is 1430. The molecule has 0 radical (unpaired) electrons. The van der Waals surface area contributed by atoms with E-state index in [2.05, 4.69) is 5.32 Å². The van der Waals surface area contributed by atoms with Gasteiger partial charge in [0.2, 0.25) is 11.8 Å². The van der Waals surface area contributed by atoms with E-state index in [0.717, 1.165) is 11.3 Å². The van der Waals surface area contributed by atoms with E-state index < -0.39 is 17.9 Å². The van der Waals surface area contributed by atoms with Gasteiger partial charge in [0.05, 0.1) is 37.3 Å². The number of Topliss-reactive ketones (excluding diaryl/α,β-unsaturated/α-hetero) is 1. The molecular weight excluding hydrogens is 496 g/mol. The summed E-state index contributed by atoms with van der Waals surface area (Å²) in [4.78, 5) is 43.0. The maximum absolute atomic E-state index is 14.0. The molecule has 3 atom stereocenters. The van der Waals surface area contributed by atoms with Crippen LogP contribution in [0.15, 0.2) is 78.0 Å². The summed E-state index contributed by atoms with van der Waals surface area (Å²) in [5.41, 5.74) is 3.49. The lowest BCUT2D eigenvalue weighted by atomic mass is 9.91. The quantitative estimate of drug-likeness (QED) is 0.440. The number of hydrogen-bond acceptors (Lipinski definition) is 7. The Balaban J connectivity index is 1.36. The number of likely N-dealkylation sites (tertiary alicyclic amines) is 1. The molecule has 3 aliphatic heterocycles. The standard InChI is InChI=1S/C30H28N4O5/c1-38-19-14-18(15-20(16-19)39-2)34-25(11-12-33-29(36)21-8-4-5-9-22(21)30(33)37)27(35)26(28(34)31)24-13-17-7-3-6-10-23(17)32-24/h3-10,14-16,21-22,25,31-32H,11-13H2,1-2H3. The highest BCUT2D eigenvalue weighted by Gasteiger charge is 2.48. The number of ether oxygens (including phenoxy) is 2. The van der Waals surface area contributed by atoms with E-state index in [1.54, 1.807) is 47.4 Å². The monoisotopic (exact) mass is 524 g/mol. The van der Waals surface area contributed by atoms with Crippen molar-refractivity contribution in [3.8, 4) is 11.5 Å². The molecule has 1 aliphatic carbocycles. The van der Waals surface area contributed by atoms with Crippen molar-refractivity contribution in [1.29, 1.82) is 5.41 Å². The van der Waals surface area contributed by atoms with Crippen molar-refractivity contribution in [2.75, 3.05) is 31.0 Å². The molecule has 0 bridgehead atoms. The third-order valence-corrected chi connectivity index (χ3v) is 7.79. The SMILES string of the molecule is COc1cc(OC)cc(N2C(=N)C(=C3Cc4ccccc4N3)C(=O)C2CCN2C(=O)C3C=CC=CC3C2=O)c1. The number of hydrogen-bond donors (Lipinski definition) is 2. The molecule has 3 heterocycles. The number of imide groups is 1. The van der Waals surface area contributed by atoms with Gasteiger partial charge in [-0.2, -0.15) is 0 Å². The number of nitrogens with zero attached hydrogens (tertiary/aromatic N) is 2. The Kier molecular flexibility index (Phi) is 6.06. The van der Waals surface area contributed by atoms with Crippen LogP contribution < -0.4 is 19.7 Å². The number of ketones is 1. The summed E-state index contributed by atoms with van der Waals surface area (Å²) in [6.07, 6.45) is 7.74. The molecule has 4 aliphatic rings. The molecule has 2 fully saturated rings. The fourth-order valence-corrected chi connectivity index (χ4v) is 5.83. The molecule has 9 heteroatoms. The number of amidine groups is 1. The van der Waals surface area contributed by atoms with Crippen molar-refractivity contribution in [3.05, 3.63) is 83.6 Å². The van der Waals surface area contributed by atoms with E-state index in [-0.39, 0.29) is 36.4 Å². The highest BCUT2D eigenvalue weighted by Crippen LogP contribution is 2.39. The highest BCUT2D eigenvalue weighted by molar-refractivity contribution is 6.35. The van der Waals surface area contributed by atoms with Crippen molar-refractivity contribution in [2.24, 2.45) is 11.8 Å². The third-order valence-electron chi connectivity index (χ3n) is 7.79. The maximum atomic E-state index is 14.0. The van der Waals surface area contributed by atoms with Crippen LogP contribution in [0.2, 0.25) is 0 Å². The Morgan fingerprint density at radius 1 is 0.949 bits per heavy atom. The van der Waals surface area contributed by atoms with Crippen molar-refractivity contribution in [3.63, 3.8) is 0 Å². The summed E-state index contributed by atoms with van der Waals surface area (Å²) in [5.74, 6) is -0.663. The largest absolute Gasteiger partial charge is 0.497 e. The van der Waals surface area contributed by atoms with Crippen LogP contribution in [0.3, 0.4) is 0 Å². The number of para-hydroxylation sites is 1. The maximum Gasteiger partial charge on any atom is 0.237 e. The first-order chi connectivity index (χ1) is 18.9.